The molecule has 2 aliphatic heterocycles. The number of aryl methyl sites for hydroxylation is 1. The molecular weight excluding hydrogens is 404 g/mol. The van der Waals surface area contributed by atoms with Crippen LogP contribution in [-0.4, -0.2) is 36.4 Å². The minimum Gasteiger partial charge on any atom is -0.450 e. The Kier molecular flexibility index (Phi) is 4.73. The molecule has 2 heterocycles. The fraction of sp³-hybridized carbons (Fsp3) is 0.417. The number of rotatable bonds is 2. The van der Waals surface area contributed by atoms with Crippen molar-refractivity contribution in [1.29, 1.82) is 0 Å². The molecule has 30 heavy (non-hydrogen) atoms. The molecule has 1 saturated carbocycles. The Hall–Kier alpha value is -2.21. The number of carbonyl (C=O) groups excluding carboxylic acids is 2. The number of esters is 1. The van der Waals surface area contributed by atoms with Gasteiger partial charge in [-0.2, -0.15) is 0 Å². The van der Waals surface area contributed by atoms with Crippen LogP contribution in [0, 0.1) is 6.92 Å². The molecule has 3 fully saturated rings. The molecule has 6 heteroatoms. The van der Waals surface area contributed by atoms with Gasteiger partial charge in [-0.15, -0.1) is 0 Å². The van der Waals surface area contributed by atoms with E-state index in [1.807, 2.05) is 49.4 Å². The van der Waals surface area contributed by atoms with Crippen LogP contribution in [0.1, 0.15) is 42.7 Å². The molecule has 0 aromatic heterocycles. The summed E-state index contributed by atoms with van der Waals surface area (Å²) in [5, 5.41) is 0.660. The molecule has 0 bridgehead atoms. The average Bonchev–Trinajstić information content (AvgIpc) is 3.29. The van der Waals surface area contributed by atoms with Gasteiger partial charge >= 0.3 is 5.97 Å². The van der Waals surface area contributed by atoms with Crippen molar-refractivity contribution in [3.63, 3.8) is 0 Å². The quantitative estimate of drug-likeness (QED) is 0.519. The average molecular weight is 427 g/mol. The van der Waals surface area contributed by atoms with E-state index in [0.29, 0.717) is 49.5 Å². The second-order valence-corrected chi connectivity index (χ2v) is 8.83. The van der Waals surface area contributed by atoms with Crippen molar-refractivity contribution in [1.82, 2.24) is 0 Å². The Morgan fingerprint density at radius 3 is 2.20 bits per heavy atom. The second-order valence-electron chi connectivity index (χ2n) is 8.40. The lowest BCUT2D eigenvalue weighted by atomic mass is 9.75. The van der Waals surface area contributed by atoms with E-state index in [4.69, 9.17) is 25.8 Å². The van der Waals surface area contributed by atoms with Gasteiger partial charge in [-0.1, -0.05) is 35.9 Å². The van der Waals surface area contributed by atoms with Crippen LogP contribution in [0.2, 0.25) is 5.02 Å². The maximum absolute atomic E-state index is 13.5. The first kappa shape index (κ1) is 19.7. The third-order valence-electron chi connectivity index (χ3n) is 6.64. The third kappa shape index (κ3) is 3.16. The van der Waals surface area contributed by atoms with Crippen LogP contribution in [0.15, 0.2) is 42.5 Å². The fourth-order valence-electron chi connectivity index (χ4n) is 4.88. The molecular formula is C24H23ClO5. The molecule has 1 aliphatic carbocycles. The second kappa shape index (κ2) is 7.19. The molecule has 1 atom stereocenters. The van der Waals surface area contributed by atoms with Gasteiger partial charge in [0.1, 0.15) is 5.92 Å². The predicted octanol–water partition coefficient (Wildman–Crippen LogP) is 4.58. The minimum absolute atomic E-state index is 0.142. The van der Waals surface area contributed by atoms with E-state index in [1.165, 1.54) is 0 Å². The van der Waals surface area contributed by atoms with Gasteiger partial charge in [-0.05, 0) is 60.2 Å². The highest BCUT2D eigenvalue weighted by atomic mass is 35.5. The summed E-state index contributed by atoms with van der Waals surface area (Å²) in [5.74, 6) is -2.10. The van der Waals surface area contributed by atoms with Crippen LogP contribution in [0.5, 0.6) is 0 Å². The minimum atomic E-state index is -1.06. The van der Waals surface area contributed by atoms with Gasteiger partial charge in [-0.25, -0.2) is 0 Å². The van der Waals surface area contributed by atoms with Crippen molar-refractivity contribution >= 4 is 23.4 Å². The van der Waals surface area contributed by atoms with Crippen LogP contribution < -0.4 is 0 Å². The number of carbonyl (C=O) groups is 2. The van der Waals surface area contributed by atoms with E-state index in [-0.39, 0.29) is 5.78 Å². The van der Waals surface area contributed by atoms with E-state index < -0.39 is 23.3 Å². The van der Waals surface area contributed by atoms with E-state index in [0.717, 1.165) is 16.7 Å². The molecule has 156 valence electrons. The lowest BCUT2D eigenvalue weighted by molar-refractivity contribution is -0.204. The van der Waals surface area contributed by atoms with E-state index >= 15 is 0 Å². The predicted molar refractivity (Wildman–Crippen MR) is 111 cm³/mol. The van der Waals surface area contributed by atoms with Crippen molar-refractivity contribution in [3.8, 4) is 11.1 Å². The van der Waals surface area contributed by atoms with Gasteiger partial charge in [0.15, 0.2) is 17.2 Å². The van der Waals surface area contributed by atoms with Gasteiger partial charge in [0.2, 0.25) is 0 Å². The van der Waals surface area contributed by atoms with E-state index in [1.54, 1.807) is 0 Å². The molecule has 0 N–H and O–H groups in total. The van der Waals surface area contributed by atoms with E-state index in [2.05, 4.69) is 0 Å². The van der Waals surface area contributed by atoms with Crippen molar-refractivity contribution < 1.29 is 23.8 Å². The number of benzene rings is 2. The molecule has 2 saturated heterocycles. The number of hydrogen-bond acceptors (Lipinski definition) is 5. The molecule has 2 aromatic rings. The zero-order valence-corrected chi connectivity index (χ0v) is 17.5. The first-order valence-electron chi connectivity index (χ1n) is 10.3. The maximum atomic E-state index is 13.5. The number of halogens is 1. The molecule has 3 aliphatic rings. The Morgan fingerprint density at radius 1 is 0.900 bits per heavy atom. The summed E-state index contributed by atoms with van der Waals surface area (Å²) < 4.78 is 17.3. The van der Waals surface area contributed by atoms with Crippen LogP contribution in [-0.2, 0) is 23.8 Å². The lowest BCUT2D eigenvalue weighted by Crippen LogP contribution is -2.47. The van der Waals surface area contributed by atoms with Crippen molar-refractivity contribution in [2.45, 2.75) is 49.9 Å². The summed E-state index contributed by atoms with van der Waals surface area (Å²) in [6, 6.07) is 13.4. The highest BCUT2D eigenvalue weighted by Gasteiger charge is 2.59. The number of ketones is 1. The third-order valence-corrected chi connectivity index (χ3v) is 6.90. The summed E-state index contributed by atoms with van der Waals surface area (Å²) in [4.78, 5) is 26.4. The number of ether oxygens (including phenoxy) is 3. The standard InChI is InChI=1S/C24H23ClO5/c1-15-2-3-17(16-4-6-18(25)7-5-16)14-19(15)20-21(26)23(30-22(20)27)8-10-24(11-9-23)28-12-13-29-24/h2-7,14,20H,8-13H2,1H3. The molecule has 0 amide bonds. The Labute approximate surface area is 180 Å². The number of hydrogen-bond donors (Lipinski definition) is 0. The summed E-state index contributed by atoms with van der Waals surface area (Å²) in [6.07, 6.45) is 1.99. The Balaban J connectivity index is 1.44. The van der Waals surface area contributed by atoms with Crippen molar-refractivity contribution in [2.75, 3.05) is 13.2 Å². The lowest BCUT2D eigenvalue weighted by Gasteiger charge is -2.39. The van der Waals surface area contributed by atoms with Crippen LogP contribution in [0.3, 0.4) is 0 Å². The Morgan fingerprint density at radius 2 is 1.53 bits per heavy atom. The van der Waals surface area contributed by atoms with Crippen LogP contribution >= 0.6 is 11.6 Å². The molecule has 1 unspecified atom stereocenters. The number of Topliss-reactive ketones (excluding diaryl/α,β-unsaturated/α-hetero) is 1. The monoisotopic (exact) mass is 426 g/mol. The van der Waals surface area contributed by atoms with Gasteiger partial charge < -0.3 is 14.2 Å². The molecule has 5 rings (SSSR count). The molecule has 5 nitrogen and oxygen atoms in total. The highest BCUT2D eigenvalue weighted by Crippen LogP contribution is 2.48. The van der Waals surface area contributed by atoms with Gasteiger partial charge in [0.25, 0.3) is 0 Å². The Bertz CT molecular complexity index is 997. The van der Waals surface area contributed by atoms with Crippen LogP contribution in [0.25, 0.3) is 11.1 Å². The van der Waals surface area contributed by atoms with Gasteiger partial charge in [0.05, 0.1) is 13.2 Å². The van der Waals surface area contributed by atoms with Gasteiger partial charge in [0, 0.05) is 17.9 Å². The van der Waals surface area contributed by atoms with E-state index in [9.17, 15) is 9.59 Å². The highest BCUT2D eigenvalue weighted by molar-refractivity contribution is 6.30. The zero-order valence-electron chi connectivity index (χ0n) is 16.8. The summed E-state index contributed by atoms with van der Waals surface area (Å²) >= 11 is 6.00. The largest absolute Gasteiger partial charge is 0.450 e. The molecule has 0 radical (unpaired) electrons. The first-order valence-corrected chi connectivity index (χ1v) is 10.7. The summed E-state index contributed by atoms with van der Waals surface area (Å²) in [5.41, 5.74) is 2.46. The zero-order chi connectivity index (χ0) is 20.9. The summed E-state index contributed by atoms with van der Waals surface area (Å²) in [6.45, 7) is 3.06. The normalized spacial score (nSPS) is 24.5. The maximum Gasteiger partial charge on any atom is 0.322 e. The van der Waals surface area contributed by atoms with Crippen molar-refractivity contribution in [3.05, 3.63) is 58.6 Å². The SMILES string of the molecule is Cc1ccc(-c2ccc(Cl)cc2)cc1C1C(=O)OC2(CCC3(CC2)OCCO3)C1=O. The van der Waals surface area contributed by atoms with Crippen molar-refractivity contribution in [2.24, 2.45) is 0 Å². The first-order chi connectivity index (χ1) is 14.4. The molecule has 2 aromatic carbocycles. The summed E-state index contributed by atoms with van der Waals surface area (Å²) in [7, 11) is 0. The van der Waals surface area contributed by atoms with Crippen LogP contribution in [0.4, 0.5) is 0 Å². The van der Waals surface area contributed by atoms with Gasteiger partial charge in [-0.3, -0.25) is 9.59 Å². The smallest absolute Gasteiger partial charge is 0.322 e. The molecule has 2 spiro atoms. The fourth-order valence-corrected chi connectivity index (χ4v) is 5.01. The topological polar surface area (TPSA) is 61.8 Å².